The van der Waals surface area contributed by atoms with Gasteiger partial charge >= 0.3 is 0 Å². The van der Waals surface area contributed by atoms with Crippen LogP contribution in [0.5, 0.6) is 0 Å². The Kier molecular flexibility index (Phi) is 5.29. The van der Waals surface area contributed by atoms with Gasteiger partial charge in [0.05, 0.1) is 0 Å². The first-order valence-corrected chi connectivity index (χ1v) is 8.21. The fourth-order valence-electron chi connectivity index (χ4n) is 2.74. The molecule has 0 aromatic heterocycles. The van der Waals surface area contributed by atoms with Crippen LogP contribution in [0.25, 0.3) is 0 Å². The van der Waals surface area contributed by atoms with Crippen LogP contribution in [-0.2, 0) is 13.1 Å². The van der Waals surface area contributed by atoms with Crippen LogP contribution in [0.15, 0.2) is 78.9 Å². The maximum absolute atomic E-state index is 11.5. The molecule has 0 bridgehead atoms. The molecule has 0 amide bonds. The van der Waals surface area contributed by atoms with Gasteiger partial charge in [-0.25, -0.2) is 0 Å². The number of nitrogens with zero attached hydrogens (tertiary/aromatic N) is 1. The summed E-state index contributed by atoms with van der Waals surface area (Å²) in [4.78, 5) is 13.7. The Balaban J connectivity index is 1.96. The molecule has 120 valence electrons. The number of hydrogen-bond donors (Lipinski definition) is 0. The van der Waals surface area contributed by atoms with Gasteiger partial charge in [-0.3, -0.25) is 4.79 Å². The summed E-state index contributed by atoms with van der Waals surface area (Å²) < 4.78 is 0. The van der Waals surface area contributed by atoms with E-state index in [-0.39, 0.29) is 0 Å². The third-order valence-electron chi connectivity index (χ3n) is 3.89. The van der Waals surface area contributed by atoms with Crippen molar-refractivity contribution in [2.45, 2.75) is 13.1 Å². The molecule has 3 aromatic carbocycles. The normalized spacial score (nSPS) is 10.4. The van der Waals surface area contributed by atoms with Crippen molar-refractivity contribution in [3.63, 3.8) is 0 Å². The van der Waals surface area contributed by atoms with Crippen LogP contribution in [0.4, 0.5) is 5.69 Å². The Morgan fingerprint density at radius 2 is 1.33 bits per heavy atom. The molecule has 0 unspecified atom stereocenters. The number of carbonyl (C=O) groups excluding carboxylic acids is 1. The predicted octanol–water partition coefficient (Wildman–Crippen LogP) is 5.36. The second-order valence-corrected chi connectivity index (χ2v) is 6.08. The quantitative estimate of drug-likeness (QED) is 0.565. The molecule has 0 atom stereocenters. The molecule has 2 nitrogen and oxygen atoms in total. The minimum absolute atomic E-state index is 0.570. The highest BCUT2D eigenvalue weighted by molar-refractivity contribution is 6.31. The first-order valence-electron chi connectivity index (χ1n) is 7.84. The number of hydrogen-bond acceptors (Lipinski definition) is 2. The van der Waals surface area contributed by atoms with Gasteiger partial charge in [0, 0.05) is 29.4 Å². The van der Waals surface area contributed by atoms with Crippen LogP contribution in [0.2, 0.25) is 5.02 Å². The van der Waals surface area contributed by atoms with Crippen molar-refractivity contribution in [1.82, 2.24) is 0 Å². The third-order valence-corrected chi connectivity index (χ3v) is 4.12. The van der Waals surface area contributed by atoms with E-state index in [1.54, 1.807) is 6.07 Å². The van der Waals surface area contributed by atoms with Gasteiger partial charge in [0.1, 0.15) is 0 Å². The minimum Gasteiger partial charge on any atom is -0.362 e. The maximum Gasteiger partial charge on any atom is 0.152 e. The summed E-state index contributed by atoms with van der Waals surface area (Å²) in [5.74, 6) is 0. The molecule has 24 heavy (non-hydrogen) atoms. The molecule has 0 heterocycles. The molecule has 0 saturated carbocycles. The molecule has 0 fully saturated rings. The van der Waals surface area contributed by atoms with Gasteiger partial charge in [-0.1, -0.05) is 72.3 Å². The van der Waals surface area contributed by atoms with Gasteiger partial charge in [0.25, 0.3) is 0 Å². The predicted molar refractivity (Wildman–Crippen MR) is 99.6 cm³/mol. The summed E-state index contributed by atoms with van der Waals surface area (Å²) in [6.45, 7) is 1.44. The number of benzene rings is 3. The monoisotopic (exact) mass is 335 g/mol. The van der Waals surface area contributed by atoms with E-state index in [0.717, 1.165) is 25.1 Å². The Hall–Kier alpha value is -2.58. The summed E-state index contributed by atoms with van der Waals surface area (Å²) in [7, 11) is 0. The molecular weight excluding hydrogens is 318 g/mol. The summed E-state index contributed by atoms with van der Waals surface area (Å²) in [6, 6.07) is 25.9. The molecule has 3 rings (SSSR count). The molecule has 0 radical (unpaired) electrons. The largest absolute Gasteiger partial charge is 0.362 e. The van der Waals surface area contributed by atoms with E-state index in [9.17, 15) is 4.79 Å². The van der Waals surface area contributed by atoms with E-state index in [1.807, 2.05) is 48.5 Å². The summed E-state index contributed by atoms with van der Waals surface area (Å²) in [5.41, 5.74) is 3.89. The van der Waals surface area contributed by atoms with E-state index < -0.39 is 0 Å². The van der Waals surface area contributed by atoms with Gasteiger partial charge in [0.15, 0.2) is 6.29 Å². The van der Waals surface area contributed by atoms with Crippen molar-refractivity contribution in [3.8, 4) is 0 Å². The lowest BCUT2D eigenvalue weighted by molar-refractivity contribution is 0.112. The van der Waals surface area contributed by atoms with Crippen molar-refractivity contribution in [2.24, 2.45) is 0 Å². The van der Waals surface area contributed by atoms with E-state index >= 15 is 0 Å². The second kappa shape index (κ2) is 7.80. The van der Waals surface area contributed by atoms with Crippen LogP contribution in [0, 0.1) is 0 Å². The third kappa shape index (κ3) is 4.03. The van der Waals surface area contributed by atoms with E-state index in [2.05, 4.69) is 29.2 Å². The van der Waals surface area contributed by atoms with Crippen molar-refractivity contribution in [1.29, 1.82) is 0 Å². The number of anilines is 1. The highest BCUT2D eigenvalue weighted by Gasteiger charge is 2.13. The topological polar surface area (TPSA) is 20.3 Å². The molecule has 0 aliphatic rings. The molecule has 0 saturated heterocycles. The van der Waals surface area contributed by atoms with Crippen LogP contribution in [0.3, 0.4) is 0 Å². The van der Waals surface area contributed by atoms with E-state index in [1.165, 1.54) is 11.1 Å². The fraction of sp³-hybridized carbons (Fsp3) is 0.0952. The van der Waals surface area contributed by atoms with Crippen LogP contribution < -0.4 is 4.90 Å². The standard InChI is InChI=1S/C21H18ClNO/c22-20-11-12-21(19(13-20)16-24)23(14-17-7-3-1-4-8-17)15-18-9-5-2-6-10-18/h1-13,16H,14-15H2. The van der Waals surface area contributed by atoms with Crippen LogP contribution in [0.1, 0.15) is 21.5 Å². The lowest BCUT2D eigenvalue weighted by Crippen LogP contribution is -2.23. The molecule has 0 aliphatic carbocycles. The van der Waals surface area contributed by atoms with Crippen molar-refractivity contribution in [3.05, 3.63) is 101 Å². The molecule has 0 aliphatic heterocycles. The minimum atomic E-state index is 0.570. The van der Waals surface area contributed by atoms with Crippen LogP contribution >= 0.6 is 11.6 Å². The summed E-state index contributed by atoms with van der Waals surface area (Å²) in [6.07, 6.45) is 0.865. The fourth-order valence-corrected chi connectivity index (χ4v) is 2.92. The van der Waals surface area contributed by atoms with E-state index in [0.29, 0.717) is 10.6 Å². The van der Waals surface area contributed by atoms with Gasteiger partial charge in [-0.05, 0) is 29.3 Å². The Labute approximate surface area is 147 Å². The van der Waals surface area contributed by atoms with E-state index in [4.69, 9.17) is 11.6 Å². The number of halogens is 1. The summed E-state index contributed by atoms with van der Waals surface area (Å²) >= 11 is 6.04. The average molecular weight is 336 g/mol. The Bertz CT molecular complexity index is 761. The Morgan fingerprint density at radius 1 is 0.792 bits per heavy atom. The second-order valence-electron chi connectivity index (χ2n) is 5.65. The Morgan fingerprint density at radius 3 is 1.83 bits per heavy atom. The summed E-state index contributed by atoms with van der Waals surface area (Å²) in [5, 5.41) is 0.570. The zero-order valence-corrected chi connectivity index (χ0v) is 14.0. The van der Waals surface area contributed by atoms with Gasteiger partial charge < -0.3 is 4.90 Å². The number of carbonyl (C=O) groups is 1. The zero-order chi connectivity index (χ0) is 16.8. The molecular formula is C21H18ClNO. The SMILES string of the molecule is O=Cc1cc(Cl)ccc1N(Cc1ccccc1)Cc1ccccc1. The highest BCUT2D eigenvalue weighted by Crippen LogP contribution is 2.26. The van der Waals surface area contributed by atoms with Gasteiger partial charge in [-0.2, -0.15) is 0 Å². The molecule has 3 aromatic rings. The maximum atomic E-state index is 11.5. The van der Waals surface area contributed by atoms with Gasteiger partial charge in [0.2, 0.25) is 0 Å². The van der Waals surface area contributed by atoms with Gasteiger partial charge in [-0.15, -0.1) is 0 Å². The molecule has 0 spiro atoms. The molecule has 0 N–H and O–H groups in total. The van der Waals surface area contributed by atoms with Crippen LogP contribution in [-0.4, -0.2) is 6.29 Å². The zero-order valence-electron chi connectivity index (χ0n) is 13.2. The first-order chi connectivity index (χ1) is 11.8. The number of rotatable bonds is 6. The lowest BCUT2D eigenvalue weighted by atomic mass is 10.1. The average Bonchev–Trinajstić information content (AvgIpc) is 2.63. The highest BCUT2D eigenvalue weighted by atomic mass is 35.5. The number of aldehydes is 1. The smallest absolute Gasteiger partial charge is 0.152 e. The first kappa shape index (κ1) is 16.3. The van der Waals surface area contributed by atoms with Crippen molar-refractivity contribution < 1.29 is 4.79 Å². The molecule has 3 heteroatoms. The lowest BCUT2D eigenvalue weighted by Gasteiger charge is -2.26. The van der Waals surface area contributed by atoms with Crippen molar-refractivity contribution in [2.75, 3.05) is 4.90 Å². The van der Waals surface area contributed by atoms with Crippen molar-refractivity contribution >= 4 is 23.6 Å².